The zero-order valence-electron chi connectivity index (χ0n) is 12.7. The van der Waals surface area contributed by atoms with Crippen molar-refractivity contribution >= 4 is 21.8 Å². The molecular formula is C14H21ClN2O4S. The fourth-order valence-corrected chi connectivity index (χ4v) is 3.75. The zero-order valence-corrected chi connectivity index (χ0v) is 14.2. The van der Waals surface area contributed by atoms with Gasteiger partial charge in [-0.25, -0.2) is 0 Å². The lowest BCUT2D eigenvalue weighted by molar-refractivity contribution is -0.0444. The van der Waals surface area contributed by atoms with Gasteiger partial charge in [-0.1, -0.05) is 11.6 Å². The van der Waals surface area contributed by atoms with Crippen LogP contribution in [0.15, 0.2) is 24.3 Å². The van der Waals surface area contributed by atoms with Crippen molar-refractivity contribution in [1.82, 2.24) is 9.03 Å². The maximum Gasteiger partial charge on any atom is 0.279 e. The monoisotopic (exact) mass is 348 g/mol. The van der Waals surface area contributed by atoms with E-state index >= 15 is 0 Å². The normalized spacial score (nSPS) is 23.4. The number of halogens is 1. The third kappa shape index (κ3) is 5.10. The molecule has 0 radical (unpaired) electrons. The molecule has 0 aromatic heterocycles. The molecule has 0 aliphatic carbocycles. The highest BCUT2D eigenvalue weighted by atomic mass is 35.5. The summed E-state index contributed by atoms with van der Waals surface area (Å²) in [5.74, 6) is 0.650. The SMILES string of the molecule is CC1CN(S(=O)(=O)NCCOc2ccc(Cl)cc2)CC(C)O1. The van der Waals surface area contributed by atoms with Gasteiger partial charge in [0.1, 0.15) is 12.4 Å². The fraction of sp³-hybridized carbons (Fsp3) is 0.571. The Kier molecular flexibility index (Phi) is 6.05. The van der Waals surface area contributed by atoms with E-state index in [1.165, 1.54) is 4.31 Å². The maximum atomic E-state index is 12.2. The molecule has 0 amide bonds. The Balaban J connectivity index is 1.78. The lowest BCUT2D eigenvalue weighted by atomic mass is 10.3. The van der Waals surface area contributed by atoms with Crippen LogP contribution in [-0.4, -0.2) is 51.2 Å². The quantitative estimate of drug-likeness (QED) is 0.794. The first-order valence-electron chi connectivity index (χ1n) is 7.15. The first kappa shape index (κ1) is 17.5. The highest BCUT2D eigenvalue weighted by molar-refractivity contribution is 7.87. The van der Waals surface area contributed by atoms with E-state index in [2.05, 4.69) is 4.72 Å². The summed E-state index contributed by atoms with van der Waals surface area (Å²) in [4.78, 5) is 0. The Morgan fingerprint density at radius 1 is 1.27 bits per heavy atom. The molecule has 22 heavy (non-hydrogen) atoms. The van der Waals surface area contributed by atoms with Gasteiger partial charge in [-0.05, 0) is 38.1 Å². The number of morpholine rings is 1. The molecule has 0 spiro atoms. The molecule has 1 N–H and O–H groups in total. The summed E-state index contributed by atoms with van der Waals surface area (Å²) in [6, 6.07) is 6.92. The molecule has 0 bridgehead atoms. The second kappa shape index (κ2) is 7.61. The van der Waals surface area contributed by atoms with Crippen LogP contribution in [0.25, 0.3) is 0 Å². The Bertz CT molecular complexity index is 569. The van der Waals surface area contributed by atoms with Gasteiger partial charge >= 0.3 is 0 Å². The maximum absolute atomic E-state index is 12.2. The second-order valence-electron chi connectivity index (χ2n) is 5.28. The molecule has 1 aliphatic rings. The number of rotatable bonds is 6. The number of nitrogens with one attached hydrogen (secondary N) is 1. The molecule has 1 fully saturated rings. The highest BCUT2D eigenvalue weighted by Gasteiger charge is 2.30. The first-order chi connectivity index (χ1) is 10.4. The van der Waals surface area contributed by atoms with Crippen LogP contribution in [0.2, 0.25) is 5.02 Å². The summed E-state index contributed by atoms with van der Waals surface area (Å²) in [5, 5.41) is 0.628. The largest absolute Gasteiger partial charge is 0.492 e. The lowest BCUT2D eigenvalue weighted by Crippen LogP contribution is -2.52. The Hall–Kier alpha value is -0.860. The molecular weight excluding hydrogens is 328 g/mol. The van der Waals surface area contributed by atoms with Crippen molar-refractivity contribution in [3.63, 3.8) is 0 Å². The van der Waals surface area contributed by atoms with Crippen LogP contribution in [0.4, 0.5) is 0 Å². The highest BCUT2D eigenvalue weighted by Crippen LogP contribution is 2.15. The molecule has 2 unspecified atom stereocenters. The van der Waals surface area contributed by atoms with Crippen molar-refractivity contribution in [2.45, 2.75) is 26.1 Å². The van der Waals surface area contributed by atoms with Crippen LogP contribution in [0, 0.1) is 0 Å². The molecule has 124 valence electrons. The van der Waals surface area contributed by atoms with Crippen LogP contribution in [0.1, 0.15) is 13.8 Å². The van der Waals surface area contributed by atoms with Crippen molar-refractivity contribution in [3.05, 3.63) is 29.3 Å². The van der Waals surface area contributed by atoms with E-state index in [4.69, 9.17) is 21.1 Å². The Morgan fingerprint density at radius 3 is 2.45 bits per heavy atom. The molecule has 1 saturated heterocycles. The molecule has 1 aromatic carbocycles. The molecule has 1 aromatic rings. The van der Waals surface area contributed by atoms with E-state index < -0.39 is 10.2 Å². The van der Waals surface area contributed by atoms with Crippen LogP contribution < -0.4 is 9.46 Å². The summed E-state index contributed by atoms with van der Waals surface area (Å²) in [5.41, 5.74) is 0. The van der Waals surface area contributed by atoms with Crippen LogP contribution in [0.5, 0.6) is 5.75 Å². The van der Waals surface area contributed by atoms with Gasteiger partial charge in [0.2, 0.25) is 0 Å². The molecule has 1 aliphatic heterocycles. The number of nitrogens with zero attached hydrogens (tertiary/aromatic N) is 1. The van der Waals surface area contributed by atoms with E-state index in [1.54, 1.807) is 24.3 Å². The lowest BCUT2D eigenvalue weighted by Gasteiger charge is -2.34. The van der Waals surface area contributed by atoms with Gasteiger partial charge in [-0.3, -0.25) is 0 Å². The molecule has 8 heteroatoms. The number of ether oxygens (including phenoxy) is 2. The molecule has 2 atom stereocenters. The predicted molar refractivity (Wildman–Crippen MR) is 85.5 cm³/mol. The summed E-state index contributed by atoms with van der Waals surface area (Å²) < 4.78 is 39.4. The summed E-state index contributed by atoms with van der Waals surface area (Å²) in [7, 11) is -3.51. The van der Waals surface area contributed by atoms with Gasteiger partial charge in [0.25, 0.3) is 10.2 Å². The topological polar surface area (TPSA) is 67.9 Å². The average molecular weight is 349 g/mol. The van der Waals surface area contributed by atoms with Crippen LogP contribution in [-0.2, 0) is 14.9 Å². The molecule has 6 nitrogen and oxygen atoms in total. The van der Waals surface area contributed by atoms with Gasteiger partial charge in [0.05, 0.1) is 12.2 Å². The van der Waals surface area contributed by atoms with Crippen molar-refractivity contribution in [3.8, 4) is 5.75 Å². The third-order valence-electron chi connectivity index (χ3n) is 3.19. The van der Waals surface area contributed by atoms with Crippen molar-refractivity contribution < 1.29 is 17.9 Å². The number of hydrogen-bond donors (Lipinski definition) is 1. The minimum absolute atomic E-state index is 0.106. The van der Waals surface area contributed by atoms with Crippen molar-refractivity contribution in [2.75, 3.05) is 26.2 Å². The van der Waals surface area contributed by atoms with Gasteiger partial charge in [0, 0.05) is 24.7 Å². The number of benzene rings is 1. The standard InChI is InChI=1S/C14H21ClN2O4S/c1-11-9-17(10-12(2)21-11)22(18,19)16-7-8-20-14-5-3-13(15)4-6-14/h3-6,11-12,16H,7-10H2,1-2H3. The van der Waals surface area contributed by atoms with Gasteiger partial charge < -0.3 is 9.47 Å². The van der Waals surface area contributed by atoms with Gasteiger partial charge in [0.15, 0.2) is 0 Å². The third-order valence-corrected chi connectivity index (χ3v) is 4.99. The molecule has 1 heterocycles. The Labute approximate surface area is 136 Å². The van der Waals surface area contributed by atoms with E-state index in [-0.39, 0.29) is 25.4 Å². The van der Waals surface area contributed by atoms with E-state index in [1.807, 2.05) is 13.8 Å². The minimum Gasteiger partial charge on any atom is -0.492 e. The van der Waals surface area contributed by atoms with Gasteiger partial charge in [-0.15, -0.1) is 0 Å². The predicted octanol–water partition coefficient (Wildman–Crippen LogP) is 1.66. The van der Waals surface area contributed by atoms with E-state index in [9.17, 15) is 8.42 Å². The van der Waals surface area contributed by atoms with Gasteiger partial charge in [-0.2, -0.15) is 17.4 Å². The fourth-order valence-electron chi connectivity index (χ4n) is 2.29. The van der Waals surface area contributed by atoms with Crippen LogP contribution >= 0.6 is 11.6 Å². The minimum atomic E-state index is -3.51. The van der Waals surface area contributed by atoms with Crippen molar-refractivity contribution in [2.24, 2.45) is 0 Å². The molecule has 2 rings (SSSR count). The summed E-state index contributed by atoms with van der Waals surface area (Å²) >= 11 is 5.78. The first-order valence-corrected chi connectivity index (χ1v) is 8.97. The number of hydrogen-bond acceptors (Lipinski definition) is 4. The summed E-state index contributed by atoms with van der Waals surface area (Å²) in [6.07, 6.45) is -0.212. The zero-order chi connectivity index (χ0) is 16.2. The van der Waals surface area contributed by atoms with E-state index in [0.29, 0.717) is 23.9 Å². The smallest absolute Gasteiger partial charge is 0.279 e. The van der Waals surface area contributed by atoms with E-state index in [0.717, 1.165) is 0 Å². The Morgan fingerprint density at radius 2 is 1.86 bits per heavy atom. The second-order valence-corrected chi connectivity index (χ2v) is 7.47. The average Bonchev–Trinajstić information content (AvgIpc) is 2.44. The van der Waals surface area contributed by atoms with Crippen LogP contribution in [0.3, 0.4) is 0 Å². The summed E-state index contributed by atoms with van der Waals surface area (Å²) in [6.45, 7) is 4.89. The van der Waals surface area contributed by atoms with Crippen molar-refractivity contribution in [1.29, 1.82) is 0 Å². The molecule has 0 saturated carbocycles.